The summed E-state index contributed by atoms with van der Waals surface area (Å²) < 4.78 is 19.3. The minimum atomic E-state index is -0.415. The lowest BCUT2D eigenvalue weighted by molar-refractivity contribution is 0.0320. The average molecular weight is 306 g/mol. The zero-order chi connectivity index (χ0) is 15.5. The molecule has 0 amide bonds. The first kappa shape index (κ1) is 15.4. The van der Waals surface area contributed by atoms with Gasteiger partial charge in [-0.1, -0.05) is 6.07 Å². The van der Waals surface area contributed by atoms with E-state index >= 15 is 0 Å². The van der Waals surface area contributed by atoms with Gasteiger partial charge in [0, 0.05) is 32.7 Å². The van der Waals surface area contributed by atoms with Gasteiger partial charge in [-0.15, -0.1) is 0 Å². The van der Waals surface area contributed by atoms with Gasteiger partial charge < -0.3 is 9.64 Å². The number of ketones is 1. The van der Waals surface area contributed by atoms with E-state index in [9.17, 15) is 9.18 Å². The van der Waals surface area contributed by atoms with E-state index in [4.69, 9.17) is 4.74 Å². The highest BCUT2D eigenvalue weighted by Gasteiger charge is 2.28. The van der Waals surface area contributed by atoms with Gasteiger partial charge in [-0.25, -0.2) is 4.39 Å². The van der Waals surface area contributed by atoms with Gasteiger partial charge in [0.2, 0.25) is 0 Å². The fourth-order valence-corrected chi connectivity index (χ4v) is 3.47. The number of morpholine rings is 1. The van der Waals surface area contributed by atoms with Crippen molar-refractivity contribution in [3.8, 4) is 0 Å². The molecule has 1 aromatic carbocycles. The van der Waals surface area contributed by atoms with E-state index in [1.807, 2.05) is 6.07 Å². The van der Waals surface area contributed by atoms with E-state index in [1.54, 1.807) is 6.07 Å². The molecule has 2 fully saturated rings. The monoisotopic (exact) mass is 306 g/mol. The van der Waals surface area contributed by atoms with Crippen LogP contribution in [0.1, 0.15) is 23.7 Å². The molecule has 0 saturated carbocycles. The Morgan fingerprint density at radius 3 is 2.82 bits per heavy atom. The molecule has 120 valence electrons. The molecule has 0 aliphatic carbocycles. The van der Waals surface area contributed by atoms with Gasteiger partial charge in [0.1, 0.15) is 5.82 Å². The normalized spacial score (nSPS) is 23.0. The molecule has 1 aromatic rings. The number of anilines is 1. The van der Waals surface area contributed by atoms with Crippen molar-refractivity contribution < 1.29 is 13.9 Å². The van der Waals surface area contributed by atoms with Crippen molar-refractivity contribution in [2.24, 2.45) is 5.92 Å². The first-order valence-corrected chi connectivity index (χ1v) is 7.99. The Labute approximate surface area is 130 Å². The van der Waals surface area contributed by atoms with Crippen LogP contribution in [0.3, 0.4) is 0 Å². The molecule has 0 spiro atoms. The van der Waals surface area contributed by atoms with E-state index in [2.05, 4.69) is 9.80 Å². The molecule has 2 heterocycles. The molecule has 22 heavy (non-hydrogen) atoms. The fourth-order valence-electron chi connectivity index (χ4n) is 3.47. The second kappa shape index (κ2) is 6.75. The maximum absolute atomic E-state index is 14.0. The molecule has 3 rings (SSSR count). The summed E-state index contributed by atoms with van der Waals surface area (Å²) in [5.74, 6) is -0.0486. The number of halogens is 1. The third kappa shape index (κ3) is 3.31. The molecule has 2 saturated heterocycles. The Balaban J connectivity index is 1.67. The number of nitrogens with zero attached hydrogens (tertiary/aromatic N) is 2. The minimum Gasteiger partial charge on any atom is -0.379 e. The SMILES string of the molecule is CC(=O)c1c(F)cccc1N1CC[C@H](CN2CCOCC2)C1. The number of hydrogen-bond acceptors (Lipinski definition) is 4. The number of carbonyl (C=O) groups is 1. The van der Waals surface area contributed by atoms with Gasteiger partial charge in [-0.05, 0) is 31.4 Å². The zero-order valence-electron chi connectivity index (χ0n) is 13.1. The van der Waals surface area contributed by atoms with Crippen molar-refractivity contribution >= 4 is 11.5 Å². The van der Waals surface area contributed by atoms with E-state index < -0.39 is 5.82 Å². The Kier molecular flexibility index (Phi) is 4.74. The quantitative estimate of drug-likeness (QED) is 0.798. The van der Waals surface area contributed by atoms with Gasteiger partial charge in [0.05, 0.1) is 24.5 Å². The lowest BCUT2D eigenvalue weighted by atomic mass is 10.1. The largest absolute Gasteiger partial charge is 0.379 e. The highest BCUT2D eigenvalue weighted by atomic mass is 19.1. The van der Waals surface area contributed by atoms with E-state index in [1.165, 1.54) is 13.0 Å². The molecule has 5 heteroatoms. The summed E-state index contributed by atoms with van der Waals surface area (Å²) in [4.78, 5) is 16.4. The molecule has 0 N–H and O–H groups in total. The highest BCUT2D eigenvalue weighted by Crippen LogP contribution is 2.29. The van der Waals surface area contributed by atoms with Gasteiger partial charge in [-0.3, -0.25) is 9.69 Å². The number of hydrogen-bond donors (Lipinski definition) is 0. The molecule has 4 nitrogen and oxygen atoms in total. The van der Waals surface area contributed by atoms with E-state index in [-0.39, 0.29) is 11.3 Å². The maximum atomic E-state index is 14.0. The van der Waals surface area contributed by atoms with Crippen molar-refractivity contribution in [2.45, 2.75) is 13.3 Å². The first-order valence-electron chi connectivity index (χ1n) is 7.99. The van der Waals surface area contributed by atoms with Crippen LogP contribution in [0.4, 0.5) is 10.1 Å². The Hall–Kier alpha value is -1.46. The molecule has 0 aromatic heterocycles. The second-order valence-corrected chi connectivity index (χ2v) is 6.20. The third-order valence-electron chi connectivity index (χ3n) is 4.59. The number of ether oxygens (including phenoxy) is 1. The summed E-state index contributed by atoms with van der Waals surface area (Å²) in [6.45, 7) is 7.89. The van der Waals surface area contributed by atoms with Crippen molar-refractivity contribution in [3.63, 3.8) is 0 Å². The maximum Gasteiger partial charge on any atom is 0.164 e. The second-order valence-electron chi connectivity index (χ2n) is 6.20. The summed E-state index contributed by atoms with van der Waals surface area (Å²) in [6, 6.07) is 4.91. The predicted molar refractivity (Wildman–Crippen MR) is 84.0 cm³/mol. The Morgan fingerprint density at radius 1 is 1.32 bits per heavy atom. The predicted octanol–water partition coefficient (Wildman–Crippen LogP) is 2.19. The van der Waals surface area contributed by atoms with E-state index in [0.717, 1.165) is 58.0 Å². The molecule has 0 unspecified atom stereocenters. The van der Waals surface area contributed by atoms with Crippen LogP contribution in [0, 0.1) is 11.7 Å². The van der Waals surface area contributed by atoms with Crippen LogP contribution in [0.2, 0.25) is 0 Å². The number of carbonyl (C=O) groups excluding carboxylic acids is 1. The van der Waals surface area contributed by atoms with Crippen LogP contribution >= 0.6 is 0 Å². The van der Waals surface area contributed by atoms with Gasteiger partial charge in [0.15, 0.2) is 5.78 Å². The average Bonchev–Trinajstić information content (AvgIpc) is 2.96. The van der Waals surface area contributed by atoms with Crippen LogP contribution in [0.5, 0.6) is 0 Å². The topological polar surface area (TPSA) is 32.8 Å². The third-order valence-corrected chi connectivity index (χ3v) is 4.59. The number of rotatable bonds is 4. The summed E-state index contributed by atoms with van der Waals surface area (Å²) in [5, 5.41) is 0. The van der Waals surface area contributed by atoms with Crippen LogP contribution in [0.25, 0.3) is 0 Å². The van der Waals surface area contributed by atoms with Gasteiger partial charge in [0.25, 0.3) is 0 Å². The Bertz CT molecular complexity index is 543. The van der Waals surface area contributed by atoms with E-state index in [0.29, 0.717) is 5.92 Å². The molecule has 2 aliphatic heterocycles. The summed E-state index contributed by atoms with van der Waals surface area (Å²) >= 11 is 0. The van der Waals surface area contributed by atoms with Crippen LogP contribution < -0.4 is 4.90 Å². The van der Waals surface area contributed by atoms with Crippen molar-refractivity contribution in [2.75, 3.05) is 50.8 Å². The van der Waals surface area contributed by atoms with Crippen LogP contribution in [-0.2, 0) is 4.74 Å². The lowest BCUT2D eigenvalue weighted by Crippen LogP contribution is -2.40. The first-order chi connectivity index (χ1) is 10.6. The highest BCUT2D eigenvalue weighted by molar-refractivity contribution is 6.00. The lowest BCUT2D eigenvalue weighted by Gasteiger charge is -2.29. The standard InChI is InChI=1S/C17H23FN2O2/c1-13(21)17-15(18)3-2-4-16(17)20-6-5-14(12-20)11-19-7-9-22-10-8-19/h2-4,14H,5-12H2,1H3/t14-/m1/s1. The van der Waals surface area contributed by atoms with Gasteiger partial charge in [-0.2, -0.15) is 0 Å². The molecular weight excluding hydrogens is 283 g/mol. The van der Waals surface area contributed by atoms with Crippen molar-refractivity contribution in [3.05, 3.63) is 29.6 Å². The van der Waals surface area contributed by atoms with Crippen molar-refractivity contribution in [1.82, 2.24) is 4.90 Å². The fraction of sp³-hybridized carbons (Fsp3) is 0.588. The molecule has 2 aliphatic rings. The number of benzene rings is 1. The molecule has 1 atom stereocenters. The van der Waals surface area contributed by atoms with Crippen LogP contribution in [0.15, 0.2) is 18.2 Å². The summed E-state index contributed by atoms with van der Waals surface area (Å²) in [5.41, 5.74) is 0.978. The molecule has 0 bridgehead atoms. The minimum absolute atomic E-state index is 0.204. The van der Waals surface area contributed by atoms with Crippen LogP contribution in [-0.4, -0.2) is 56.6 Å². The zero-order valence-corrected chi connectivity index (χ0v) is 13.1. The van der Waals surface area contributed by atoms with Gasteiger partial charge >= 0.3 is 0 Å². The molecular formula is C17H23FN2O2. The smallest absolute Gasteiger partial charge is 0.164 e. The van der Waals surface area contributed by atoms with Crippen molar-refractivity contribution in [1.29, 1.82) is 0 Å². The Morgan fingerprint density at radius 2 is 2.09 bits per heavy atom. The summed E-state index contributed by atoms with van der Waals surface area (Å²) in [6.07, 6.45) is 1.09. The number of Topliss-reactive ketones (excluding diaryl/α,β-unsaturated/α-hetero) is 1. The molecule has 0 radical (unpaired) electrons. The summed E-state index contributed by atoms with van der Waals surface area (Å²) in [7, 11) is 0.